The first-order valence-electron chi connectivity index (χ1n) is 9.71. The van der Waals surface area contributed by atoms with Gasteiger partial charge in [0.15, 0.2) is 11.7 Å². The highest BCUT2D eigenvalue weighted by molar-refractivity contribution is 7.22. The van der Waals surface area contributed by atoms with Crippen molar-refractivity contribution in [3.05, 3.63) is 82.1 Å². The van der Waals surface area contributed by atoms with E-state index in [0.29, 0.717) is 27.5 Å². The fourth-order valence-electron chi connectivity index (χ4n) is 3.12. The largest absolute Gasteiger partial charge is 0.482 e. The van der Waals surface area contributed by atoms with E-state index in [1.807, 2.05) is 30.3 Å². The van der Waals surface area contributed by atoms with Crippen LogP contribution in [0, 0.1) is 0 Å². The number of aromatic nitrogens is 2. The maximum atomic E-state index is 13.2. The third-order valence-electron chi connectivity index (χ3n) is 4.70. The van der Waals surface area contributed by atoms with Crippen molar-refractivity contribution >= 4 is 55.8 Å². The molecule has 2 heterocycles. The molecule has 2 aromatic carbocycles. The normalized spacial score (nSPS) is 10.9. The highest BCUT2D eigenvalue weighted by Gasteiger charge is 2.22. The third kappa shape index (κ3) is 4.98. The second kappa shape index (κ2) is 9.64. The molecule has 4 aromatic rings. The van der Waals surface area contributed by atoms with Gasteiger partial charge in [-0.2, -0.15) is 0 Å². The van der Waals surface area contributed by atoms with E-state index in [9.17, 15) is 4.79 Å². The number of amides is 1. The summed E-state index contributed by atoms with van der Waals surface area (Å²) in [4.78, 5) is 24.0. The second-order valence-corrected chi connectivity index (χ2v) is 8.63. The van der Waals surface area contributed by atoms with Crippen molar-refractivity contribution in [2.75, 3.05) is 11.5 Å². The van der Waals surface area contributed by atoms with Gasteiger partial charge in [-0.05, 0) is 48.4 Å². The molecule has 0 bridgehead atoms. The lowest BCUT2D eigenvalue weighted by molar-refractivity contribution is -0.120. The van der Waals surface area contributed by atoms with Crippen LogP contribution in [0.3, 0.4) is 0 Å². The van der Waals surface area contributed by atoms with Gasteiger partial charge in [0.25, 0.3) is 5.91 Å². The van der Waals surface area contributed by atoms with Crippen LogP contribution in [0.4, 0.5) is 5.13 Å². The molecule has 31 heavy (non-hydrogen) atoms. The van der Waals surface area contributed by atoms with Crippen molar-refractivity contribution < 1.29 is 9.53 Å². The standard InChI is InChI=1S/C23H19Cl2N3O2S/c1-2-15-6-5-8-20-22(15)27-23(31-20)28(13-17-7-3-4-11-26-17)21(29)14-30-19-10-9-16(24)12-18(19)25/h3-12H,2,13-14H2,1H3. The van der Waals surface area contributed by atoms with Crippen LogP contribution in [-0.2, 0) is 17.8 Å². The summed E-state index contributed by atoms with van der Waals surface area (Å²) >= 11 is 13.6. The van der Waals surface area contributed by atoms with Gasteiger partial charge in [-0.15, -0.1) is 0 Å². The fraction of sp³-hybridized carbons (Fsp3) is 0.174. The van der Waals surface area contributed by atoms with Crippen LogP contribution in [0.2, 0.25) is 10.0 Å². The zero-order chi connectivity index (χ0) is 21.8. The SMILES string of the molecule is CCc1cccc2sc(N(Cc3ccccn3)C(=O)COc3ccc(Cl)cc3Cl)nc12. The Kier molecular flexibility index (Phi) is 6.70. The van der Waals surface area contributed by atoms with Gasteiger partial charge in [0.2, 0.25) is 0 Å². The number of fused-ring (bicyclic) bond motifs is 1. The molecular weight excluding hydrogens is 453 g/mol. The van der Waals surface area contributed by atoms with E-state index >= 15 is 0 Å². The van der Waals surface area contributed by atoms with Crippen molar-refractivity contribution in [1.29, 1.82) is 0 Å². The zero-order valence-corrected chi connectivity index (χ0v) is 19.0. The van der Waals surface area contributed by atoms with E-state index in [-0.39, 0.29) is 12.5 Å². The summed E-state index contributed by atoms with van der Waals surface area (Å²) in [5, 5.41) is 1.46. The Bertz CT molecular complexity index is 1210. The minimum absolute atomic E-state index is 0.190. The summed E-state index contributed by atoms with van der Waals surface area (Å²) in [5.74, 6) is 0.156. The smallest absolute Gasteiger partial charge is 0.267 e. The number of pyridine rings is 1. The molecule has 0 unspecified atom stereocenters. The van der Waals surface area contributed by atoms with Crippen LogP contribution in [0.5, 0.6) is 5.75 Å². The first-order chi connectivity index (χ1) is 15.0. The quantitative estimate of drug-likeness (QED) is 0.323. The Hall–Kier alpha value is -2.67. The molecule has 2 aromatic heterocycles. The second-order valence-electron chi connectivity index (χ2n) is 6.78. The number of hydrogen-bond donors (Lipinski definition) is 0. The summed E-state index contributed by atoms with van der Waals surface area (Å²) in [5.41, 5.74) is 2.83. The number of hydrogen-bond acceptors (Lipinski definition) is 5. The number of aryl methyl sites for hydroxylation is 1. The minimum Gasteiger partial charge on any atom is -0.482 e. The van der Waals surface area contributed by atoms with Crippen LogP contribution >= 0.6 is 34.5 Å². The molecule has 0 radical (unpaired) electrons. The van der Waals surface area contributed by atoms with Crippen LogP contribution < -0.4 is 9.64 Å². The molecule has 0 fully saturated rings. The summed E-state index contributed by atoms with van der Waals surface area (Å²) in [7, 11) is 0. The van der Waals surface area contributed by atoms with E-state index in [2.05, 4.69) is 18.0 Å². The van der Waals surface area contributed by atoms with Crippen LogP contribution in [0.25, 0.3) is 10.2 Å². The highest BCUT2D eigenvalue weighted by Crippen LogP contribution is 2.32. The van der Waals surface area contributed by atoms with E-state index < -0.39 is 0 Å². The van der Waals surface area contributed by atoms with Gasteiger partial charge >= 0.3 is 0 Å². The summed E-state index contributed by atoms with van der Waals surface area (Å²) in [6, 6.07) is 16.6. The molecule has 1 amide bonds. The third-order valence-corrected chi connectivity index (χ3v) is 6.27. The molecule has 5 nitrogen and oxygen atoms in total. The topological polar surface area (TPSA) is 55.3 Å². The Labute approximate surface area is 194 Å². The molecule has 4 rings (SSSR count). The van der Waals surface area contributed by atoms with E-state index in [0.717, 1.165) is 27.9 Å². The number of halogens is 2. The average Bonchev–Trinajstić information content (AvgIpc) is 3.21. The molecule has 0 atom stereocenters. The van der Waals surface area contributed by atoms with Gasteiger partial charge in [-0.1, -0.05) is 59.7 Å². The number of ether oxygens (including phenoxy) is 1. The predicted molar refractivity (Wildman–Crippen MR) is 126 cm³/mol. The number of rotatable bonds is 7. The lowest BCUT2D eigenvalue weighted by atomic mass is 10.1. The van der Waals surface area contributed by atoms with Gasteiger partial charge in [-0.3, -0.25) is 14.7 Å². The van der Waals surface area contributed by atoms with Crippen molar-refractivity contribution in [2.45, 2.75) is 19.9 Å². The van der Waals surface area contributed by atoms with Crippen LogP contribution in [-0.4, -0.2) is 22.5 Å². The van der Waals surface area contributed by atoms with Gasteiger partial charge < -0.3 is 4.74 Å². The summed E-state index contributed by atoms with van der Waals surface area (Å²) in [6.07, 6.45) is 2.57. The Morgan fingerprint density at radius 2 is 2.00 bits per heavy atom. The molecule has 0 aliphatic carbocycles. The highest BCUT2D eigenvalue weighted by atomic mass is 35.5. The maximum Gasteiger partial charge on any atom is 0.267 e. The lowest BCUT2D eigenvalue weighted by Gasteiger charge is -2.20. The number of para-hydroxylation sites is 1. The predicted octanol–water partition coefficient (Wildman–Crippen LogP) is 6.17. The first-order valence-corrected chi connectivity index (χ1v) is 11.3. The number of benzene rings is 2. The molecule has 158 valence electrons. The zero-order valence-electron chi connectivity index (χ0n) is 16.7. The summed E-state index contributed by atoms with van der Waals surface area (Å²) < 4.78 is 6.72. The summed E-state index contributed by atoms with van der Waals surface area (Å²) in [6.45, 7) is 2.19. The monoisotopic (exact) mass is 471 g/mol. The van der Waals surface area contributed by atoms with Crippen molar-refractivity contribution in [3.8, 4) is 5.75 Å². The van der Waals surface area contributed by atoms with E-state index in [4.69, 9.17) is 32.9 Å². The lowest BCUT2D eigenvalue weighted by Crippen LogP contribution is -2.34. The van der Waals surface area contributed by atoms with Gasteiger partial charge in [0.1, 0.15) is 5.75 Å². The van der Waals surface area contributed by atoms with Crippen LogP contribution in [0.1, 0.15) is 18.2 Å². The van der Waals surface area contributed by atoms with Gasteiger partial charge in [-0.25, -0.2) is 4.98 Å². The average molecular weight is 472 g/mol. The number of carbonyl (C=O) groups excluding carboxylic acids is 1. The number of carbonyl (C=O) groups is 1. The number of anilines is 1. The fourth-order valence-corrected chi connectivity index (χ4v) is 4.61. The first kappa shape index (κ1) is 21.6. The molecule has 0 saturated carbocycles. The van der Waals surface area contributed by atoms with Crippen molar-refractivity contribution in [2.24, 2.45) is 0 Å². The van der Waals surface area contributed by atoms with Gasteiger partial charge in [0, 0.05) is 11.2 Å². The molecule has 0 saturated heterocycles. The van der Waals surface area contributed by atoms with E-state index in [1.54, 1.807) is 29.3 Å². The maximum absolute atomic E-state index is 13.2. The number of thiazole rings is 1. The van der Waals surface area contributed by atoms with Crippen LogP contribution in [0.15, 0.2) is 60.8 Å². The Morgan fingerprint density at radius 3 is 2.74 bits per heavy atom. The Morgan fingerprint density at radius 1 is 1.13 bits per heavy atom. The molecule has 0 N–H and O–H groups in total. The molecule has 0 aliphatic rings. The Balaban J connectivity index is 1.63. The molecule has 8 heteroatoms. The van der Waals surface area contributed by atoms with Crippen molar-refractivity contribution in [1.82, 2.24) is 9.97 Å². The van der Waals surface area contributed by atoms with Crippen molar-refractivity contribution in [3.63, 3.8) is 0 Å². The molecule has 0 spiro atoms. The minimum atomic E-state index is -0.242. The number of nitrogens with zero attached hydrogens (tertiary/aromatic N) is 3. The van der Waals surface area contributed by atoms with Gasteiger partial charge in [0.05, 0.1) is 27.5 Å². The van der Waals surface area contributed by atoms with E-state index in [1.165, 1.54) is 11.3 Å². The molecular formula is C23H19Cl2N3O2S. The molecule has 0 aliphatic heterocycles.